The molecule has 0 radical (unpaired) electrons. The maximum Gasteiger partial charge on any atom is 0.239 e. The van der Waals surface area contributed by atoms with Crippen LogP contribution in [0.25, 0.3) is 0 Å². The summed E-state index contributed by atoms with van der Waals surface area (Å²) < 4.78 is 11.1. The van der Waals surface area contributed by atoms with Crippen LogP contribution in [-0.4, -0.2) is 62.4 Å². The second-order valence-electron chi connectivity index (χ2n) is 9.26. The van der Waals surface area contributed by atoms with Gasteiger partial charge in [-0.1, -0.05) is 65.5 Å². The Labute approximate surface area is 232 Å². The first-order chi connectivity index (χ1) is 18.4. The van der Waals surface area contributed by atoms with Gasteiger partial charge in [0.1, 0.15) is 11.5 Å². The Bertz CT molecular complexity index is 767. The Kier molecular flexibility index (Phi) is 22.0. The van der Waals surface area contributed by atoms with E-state index in [0.717, 1.165) is 35.5 Å². The Balaban J connectivity index is 0.00000171. The van der Waals surface area contributed by atoms with E-state index < -0.39 is 0 Å². The molecule has 0 spiro atoms. The van der Waals surface area contributed by atoms with Crippen molar-refractivity contribution in [3.8, 4) is 0 Å². The van der Waals surface area contributed by atoms with Crippen LogP contribution in [0.2, 0.25) is 0 Å². The zero-order chi connectivity index (χ0) is 28.6. The highest BCUT2D eigenvalue weighted by Crippen LogP contribution is 2.25. The number of nitrogens with zero attached hydrogens (tertiary/aromatic N) is 1. The number of unbranched alkanes of at least 4 members (excludes halogenated alkanes) is 4. The molecule has 218 valence electrons. The van der Waals surface area contributed by atoms with E-state index >= 15 is 0 Å². The first kappa shape index (κ1) is 35.5. The van der Waals surface area contributed by atoms with E-state index in [1.165, 1.54) is 32.1 Å². The molecule has 0 saturated carbocycles. The van der Waals surface area contributed by atoms with Gasteiger partial charge in [-0.2, -0.15) is 0 Å². The van der Waals surface area contributed by atoms with Crippen LogP contribution in [0, 0.1) is 5.92 Å². The molecule has 1 aliphatic rings. The van der Waals surface area contributed by atoms with Crippen LogP contribution in [0.4, 0.5) is 0 Å². The van der Waals surface area contributed by atoms with Gasteiger partial charge in [-0.3, -0.25) is 4.79 Å². The Morgan fingerprint density at radius 1 is 1.24 bits per heavy atom. The van der Waals surface area contributed by atoms with Crippen molar-refractivity contribution in [3.63, 3.8) is 0 Å². The molecule has 0 aromatic rings. The van der Waals surface area contributed by atoms with Crippen LogP contribution in [-0.2, 0) is 14.3 Å². The smallest absolute Gasteiger partial charge is 0.239 e. The van der Waals surface area contributed by atoms with Crippen molar-refractivity contribution < 1.29 is 19.4 Å². The summed E-state index contributed by atoms with van der Waals surface area (Å²) in [4.78, 5) is 14.4. The van der Waals surface area contributed by atoms with E-state index in [1.807, 2.05) is 37.1 Å². The highest BCUT2D eigenvalue weighted by molar-refractivity contribution is 5.78. The molecule has 4 N–H and O–H groups in total. The predicted molar refractivity (Wildman–Crippen MR) is 159 cm³/mol. The van der Waals surface area contributed by atoms with Crippen LogP contribution in [0.5, 0.6) is 0 Å². The lowest BCUT2D eigenvalue weighted by Crippen LogP contribution is -2.39. The number of aliphatic hydroxyl groups excluding tert-OH is 1. The van der Waals surface area contributed by atoms with E-state index in [0.29, 0.717) is 32.7 Å². The van der Waals surface area contributed by atoms with Crippen molar-refractivity contribution in [2.75, 3.05) is 46.5 Å². The predicted octanol–water partition coefficient (Wildman–Crippen LogP) is 5.60. The molecule has 0 aromatic carbocycles. The number of methoxy groups -OCH3 is 1. The molecular formula is C31H55N3O4. The molecule has 0 bridgehead atoms. The fourth-order valence-corrected chi connectivity index (χ4v) is 4.02. The normalized spacial score (nSPS) is 15.5. The standard InChI is InChI=1S/C24H39N3O4.C7H16/c1-5-20(22(6-2)31-7-3)10-13-27(14-12-25)18-24(29)26-17-21-9-8-19(11-15-28)16-23(21)30-4;1-3-5-7-6-4-2/h6,8,10,13,16,21,28H,2,5,7,9,11-12,14-15,17-18,25H2,1,3-4H3,(H,26,29);3-7H2,1-2H3/b13-10+,22-20+;/t21-;/m1./s1. The van der Waals surface area contributed by atoms with Gasteiger partial charge in [0.2, 0.25) is 5.91 Å². The number of ether oxygens (including phenoxy) is 2. The van der Waals surface area contributed by atoms with Crippen LogP contribution < -0.4 is 11.1 Å². The van der Waals surface area contributed by atoms with Crippen molar-refractivity contribution in [1.29, 1.82) is 0 Å². The molecule has 0 fully saturated rings. The second kappa shape index (κ2) is 23.6. The summed E-state index contributed by atoms with van der Waals surface area (Å²) in [6.07, 6.45) is 18.8. The van der Waals surface area contributed by atoms with Crippen LogP contribution in [0.15, 0.2) is 59.7 Å². The molecule has 1 atom stereocenters. The molecule has 7 heteroatoms. The summed E-state index contributed by atoms with van der Waals surface area (Å²) in [5.41, 5.74) is 7.81. The number of carbonyl (C=O) groups is 1. The monoisotopic (exact) mass is 533 g/mol. The van der Waals surface area contributed by atoms with Gasteiger partial charge >= 0.3 is 0 Å². The molecular weight excluding hydrogens is 478 g/mol. The maximum absolute atomic E-state index is 12.6. The fraction of sp³-hybridized carbons (Fsp3) is 0.645. The van der Waals surface area contributed by atoms with Crippen molar-refractivity contribution in [3.05, 3.63) is 59.7 Å². The third-order valence-corrected chi connectivity index (χ3v) is 6.22. The van der Waals surface area contributed by atoms with Crippen molar-refractivity contribution >= 4 is 5.91 Å². The topological polar surface area (TPSA) is 97.1 Å². The average Bonchev–Trinajstić information content (AvgIpc) is 2.92. The minimum absolute atomic E-state index is 0.0746. The lowest BCUT2D eigenvalue weighted by molar-refractivity contribution is -0.121. The van der Waals surface area contributed by atoms with E-state index in [1.54, 1.807) is 13.2 Å². The van der Waals surface area contributed by atoms with Crippen LogP contribution in [0.3, 0.4) is 0 Å². The van der Waals surface area contributed by atoms with Gasteiger partial charge in [0.05, 0.1) is 20.3 Å². The van der Waals surface area contributed by atoms with E-state index in [4.69, 9.17) is 20.3 Å². The first-order valence-corrected chi connectivity index (χ1v) is 14.4. The Morgan fingerprint density at radius 2 is 1.95 bits per heavy atom. The molecule has 1 aliphatic carbocycles. The van der Waals surface area contributed by atoms with Crippen molar-refractivity contribution in [1.82, 2.24) is 10.2 Å². The van der Waals surface area contributed by atoms with Gasteiger partial charge in [0, 0.05) is 38.4 Å². The van der Waals surface area contributed by atoms with Gasteiger partial charge in [0.25, 0.3) is 0 Å². The molecule has 0 aromatic heterocycles. The highest BCUT2D eigenvalue weighted by atomic mass is 16.5. The largest absolute Gasteiger partial charge is 0.501 e. The number of nitrogens with one attached hydrogen (secondary N) is 1. The lowest BCUT2D eigenvalue weighted by Gasteiger charge is -2.24. The number of hydrogen-bond donors (Lipinski definition) is 3. The molecule has 0 aliphatic heterocycles. The van der Waals surface area contributed by atoms with Gasteiger partial charge in [-0.25, -0.2) is 0 Å². The summed E-state index contributed by atoms with van der Waals surface area (Å²) in [7, 11) is 1.63. The summed E-state index contributed by atoms with van der Waals surface area (Å²) in [6.45, 7) is 14.7. The van der Waals surface area contributed by atoms with Gasteiger partial charge in [0.15, 0.2) is 0 Å². The third kappa shape index (κ3) is 15.7. The first-order valence-electron chi connectivity index (χ1n) is 14.4. The number of aliphatic hydroxyl groups is 1. The number of nitrogens with two attached hydrogens (primary N) is 1. The molecule has 1 rings (SSSR count). The van der Waals surface area contributed by atoms with E-state index in [-0.39, 0.29) is 25.0 Å². The highest BCUT2D eigenvalue weighted by Gasteiger charge is 2.20. The molecule has 7 nitrogen and oxygen atoms in total. The minimum atomic E-state index is -0.0746. The third-order valence-electron chi connectivity index (χ3n) is 6.22. The number of hydrogen-bond acceptors (Lipinski definition) is 6. The molecule has 38 heavy (non-hydrogen) atoms. The Morgan fingerprint density at radius 3 is 2.47 bits per heavy atom. The van der Waals surface area contributed by atoms with E-state index in [2.05, 4.69) is 31.8 Å². The van der Waals surface area contributed by atoms with Gasteiger partial charge in [-0.15, -0.1) is 0 Å². The van der Waals surface area contributed by atoms with Crippen molar-refractivity contribution in [2.24, 2.45) is 11.7 Å². The molecule has 0 unspecified atom stereocenters. The Hall–Kier alpha value is -2.51. The number of allylic oxidation sites excluding steroid dienone is 5. The van der Waals surface area contributed by atoms with Crippen molar-refractivity contribution in [2.45, 2.75) is 79.1 Å². The quantitative estimate of drug-likeness (QED) is 0.114. The number of amides is 1. The van der Waals surface area contributed by atoms with Crippen LogP contribution >= 0.6 is 0 Å². The number of rotatable bonds is 19. The van der Waals surface area contributed by atoms with E-state index in [9.17, 15) is 4.79 Å². The average molecular weight is 534 g/mol. The number of carbonyl (C=O) groups excluding carboxylic acids is 1. The zero-order valence-corrected chi connectivity index (χ0v) is 24.8. The summed E-state index contributed by atoms with van der Waals surface area (Å²) >= 11 is 0. The second-order valence-corrected chi connectivity index (χ2v) is 9.26. The molecule has 0 heterocycles. The fourth-order valence-electron chi connectivity index (χ4n) is 4.02. The molecule has 0 saturated heterocycles. The summed E-state index contributed by atoms with van der Waals surface area (Å²) in [5, 5.41) is 12.1. The summed E-state index contributed by atoms with van der Waals surface area (Å²) in [5.74, 6) is 1.60. The lowest BCUT2D eigenvalue weighted by atomic mass is 9.93. The van der Waals surface area contributed by atoms with Gasteiger partial charge < -0.3 is 30.5 Å². The minimum Gasteiger partial charge on any atom is -0.501 e. The maximum atomic E-state index is 12.6. The zero-order valence-electron chi connectivity index (χ0n) is 24.8. The SMILES string of the molecule is C=C/C(OCC)=C(\C=C\N(CCN)CC(=O)NC[C@H]1CC=C(CCO)C=C1OC)CC.CCCCCCC. The van der Waals surface area contributed by atoms with Crippen LogP contribution in [0.1, 0.15) is 79.1 Å². The molecule has 1 amide bonds. The summed E-state index contributed by atoms with van der Waals surface area (Å²) in [6, 6.07) is 0. The van der Waals surface area contributed by atoms with Gasteiger partial charge in [-0.05, 0) is 55.6 Å².